The lowest BCUT2D eigenvalue weighted by Crippen LogP contribution is -2.55. The van der Waals surface area contributed by atoms with Gasteiger partial charge in [-0.2, -0.15) is 5.10 Å². The van der Waals surface area contributed by atoms with Crippen molar-refractivity contribution in [3.05, 3.63) is 30.0 Å². The molecule has 9 nitrogen and oxygen atoms in total. The summed E-state index contributed by atoms with van der Waals surface area (Å²) in [5.41, 5.74) is 6.27. The lowest BCUT2D eigenvalue weighted by molar-refractivity contribution is -0.125. The molecule has 1 aliphatic heterocycles. The van der Waals surface area contributed by atoms with Gasteiger partial charge in [-0.1, -0.05) is 39.0 Å². The minimum absolute atomic E-state index is 0.149. The lowest BCUT2D eigenvalue weighted by atomic mass is 9.86. The molecule has 1 unspecified atom stereocenters. The van der Waals surface area contributed by atoms with E-state index in [0.717, 1.165) is 49.7 Å². The number of carbonyl (C=O) groups is 2. The monoisotopic (exact) mass is 472 g/mol. The first-order chi connectivity index (χ1) is 16.2. The molecule has 1 aromatic heterocycles. The second kappa shape index (κ2) is 11.8. The number of hydrogen-bond acceptors (Lipinski definition) is 6. The molecular weight excluding hydrogens is 432 g/mol. The molecule has 34 heavy (non-hydrogen) atoms. The predicted molar refractivity (Wildman–Crippen MR) is 133 cm³/mol. The molecule has 188 valence electrons. The standard InChI is InChI=1S/C25H40N6O3/c1-25(2,3)22(24(34)27-16-18(32)17-30-13-8-9-14-30)28-23(33)21-19-10-4-5-11-20(19)31(29-21)15-7-6-12-26/h4-5,10-11,18,22,32H,6-9,12-17,26H2,1-3H3,(H,27,34)(H,28,33)/t18-,22?/m0/s1. The van der Waals surface area contributed by atoms with Gasteiger partial charge in [0.25, 0.3) is 5.91 Å². The van der Waals surface area contributed by atoms with Gasteiger partial charge >= 0.3 is 0 Å². The summed E-state index contributed by atoms with van der Waals surface area (Å²) in [5.74, 6) is -0.700. The van der Waals surface area contributed by atoms with Gasteiger partial charge in [-0.25, -0.2) is 0 Å². The van der Waals surface area contributed by atoms with Crippen LogP contribution in [0.3, 0.4) is 0 Å². The van der Waals surface area contributed by atoms with Crippen LogP contribution in [0, 0.1) is 5.41 Å². The highest BCUT2D eigenvalue weighted by molar-refractivity contribution is 6.06. The molecule has 0 aliphatic carbocycles. The first-order valence-corrected chi connectivity index (χ1v) is 12.4. The zero-order chi connectivity index (χ0) is 24.7. The molecule has 0 bridgehead atoms. The summed E-state index contributed by atoms with van der Waals surface area (Å²) in [6, 6.07) is 6.83. The molecule has 3 rings (SSSR count). The van der Waals surface area contributed by atoms with Crippen molar-refractivity contribution >= 4 is 22.7 Å². The molecular formula is C25H40N6O3. The van der Waals surface area contributed by atoms with E-state index in [1.165, 1.54) is 0 Å². The minimum Gasteiger partial charge on any atom is -0.390 e. The summed E-state index contributed by atoms with van der Waals surface area (Å²) in [5, 5.41) is 21.4. The van der Waals surface area contributed by atoms with Gasteiger partial charge in [-0.3, -0.25) is 14.3 Å². The van der Waals surface area contributed by atoms with E-state index in [9.17, 15) is 14.7 Å². The fraction of sp³-hybridized carbons (Fsp3) is 0.640. The van der Waals surface area contributed by atoms with Gasteiger partial charge in [-0.05, 0) is 56.8 Å². The summed E-state index contributed by atoms with van der Waals surface area (Å²) in [6.45, 7) is 9.66. The van der Waals surface area contributed by atoms with Crippen molar-refractivity contribution in [3.63, 3.8) is 0 Å². The van der Waals surface area contributed by atoms with Gasteiger partial charge in [-0.15, -0.1) is 0 Å². The van der Waals surface area contributed by atoms with Gasteiger partial charge in [0.15, 0.2) is 5.69 Å². The van der Waals surface area contributed by atoms with Crippen molar-refractivity contribution in [2.24, 2.45) is 11.1 Å². The maximum atomic E-state index is 13.3. The van der Waals surface area contributed by atoms with Crippen LogP contribution < -0.4 is 16.4 Å². The molecule has 0 spiro atoms. The number of fused-ring (bicyclic) bond motifs is 1. The first-order valence-electron chi connectivity index (χ1n) is 12.4. The van der Waals surface area contributed by atoms with Crippen molar-refractivity contribution < 1.29 is 14.7 Å². The van der Waals surface area contributed by atoms with Gasteiger partial charge in [0, 0.05) is 25.0 Å². The number of aromatic nitrogens is 2. The van der Waals surface area contributed by atoms with Gasteiger partial charge < -0.3 is 26.4 Å². The molecule has 1 aliphatic rings. The summed E-state index contributed by atoms with van der Waals surface area (Å²) >= 11 is 0. The molecule has 0 saturated carbocycles. The molecule has 2 atom stereocenters. The van der Waals surface area contributed by atoms with Crippen LogP contribution in [0.5, 0.6) is 0 Å². The number of β-amino-alcohol motifs (C(OH)–C–C–N with tert-alkyl or cyclic N) is 1. The van der Waals surface area contributed by atoms with Gasteiger partial charge in [0.1, 0.15) is 6.04 Å². The molecule has 2 aromatic rings. The fourth-order valence-electron chi connectivity index (χ4n) is 4.39. The average molecular weight is 473 g/mol. The predicted octanol–water partition coefficient (Wildman–Crippen LogP) is 1.49. The molecule has 9 heteroatoms. The number of aryl methyl sites for hydroxylation is 1. The third kappa shape index (κ3) is 6.77. The Kier molecular flexibility index (Phi) is 9.04. The highest BCUT2D eigenvalue weighted by Crippen LogP contribution is 2.23. The van der Waals surface area contributed by atoms with E-state index in [-0.39, 0.29) is 18.4 Å². The number of carbonyl (C=O) groups excluding carboxylic acids is 2. The number of nitrogens with zero attached hydrogens (tertiary/aromatic N) is 3. The Morgan fingerprint density at radius 1 is 1.18 bits per heavy atom. The van der Waals surface area contributed by atoms with Crippen LogP contribution >= 0.6 is 0 Å². The molecule has 1 fully saturated rings. The maximum Gasteiger partial charge on any atom is 0.273 e. The van der Waals surface area contributed by atoms with Crippen LogP contribution in [-0.4, -0.2) is 76.5 Å². The summed E-state index contributed by atoms with van der Waals surface area (Å²) in [7, 11) is 0. The Hall–Kier alpha value is -2.49. The van der Waals surface area contributed by atoms with Crippen LogP contribution in [0.15, 0.2) is 24.3 Å². The van der Waals surface area contributed by atoms with E-state index in [2.05, 4.69) is 20.6 Å². The number of likely N-dealkylation sites (tertiary alicyclic amines) is 1. The maximum absolute atomic E-state index is 13.3. The summed E-state index contributed by atoms with van der Waals surface area (Å²) < 4.78 is 1.83. The van der Waals surface area contributed by atoms with Crippen molar-refractivity contribution in [1.29, 1.82) is 0 Å². The number of nitrogens with one attached hydrogen (secondary N) is 2. The average Bonchev–Trinajstić information content (AvgIpc) is 3.43. The summed E-state index contributed by atoms with van der Waals surface area (Å²) in [4.78, 5) is 28.5. The Labute approximate surface area is 202 Å². The van der Waals surface area contributed by atoms with Crippen molar-refractivity contribution in [3.8, 4) is 0 Å². The second-order valence-corrected chi connectivity index (χ2v) is 10.3. The Balaban J connectivity index is 1.69. The van der Waals surface area contributed by atoms with E-state index in [4.69, 9.17) is 5.73 Å². The Morgan fingerprint density at radius 2 is 1.88 bits per heavy atom. The number of hydrogen-bond donors (Lipinski definition) is 4. The number of aliphatic hydroxyl groups is 1. The van der Waals surface area contributed by atoms with Crippen molar-refractivity contribution in [2.45, 2.75) is 65.1 Å². The van der Waals surface area contributed by atoms with E-state index in [1.54, 1.807) is 0 Å². The van der Waals surface area contributed by atoms with Crippen LogP contribution in [0.1, 0.15) is 56.9 Å². The zero-order valence-corrected chi connectivity index (χ0v) is 20.7. The Bertz CT molecular complexity index is 961. The van der Waals surface area contributed by atoms with Crippen LogP contribution in [-0.2, 0) is 11.3 Å². The van der Waals surface area contributed by atoms with Crippen LogP contribution in [0.4, 0.5) is 0 Å². The smallest absolute Gasteiger partial charge is 0.273 e. The second-order valence-electron chi connectivity index (χ2n) is 10.3. The quantitative estimate of drug-likeness (QED) is 0.367. The highest BCUT2D eigenvalue weighted by Gasteiger charge is 2.34. The minimum atomic E-state index is -0.778. The van der Waals surface area contributed by atoms with E-state index in [0.29, 0.717) is 25.3 Å². The number of nitrogens with two attached hydrogens (primary N) is 1. The summed E-state index contributed by atoms with van der Waals surface area (Å²) in [6.07, 6.45) is 3.40. The molecule has 2 amide bonds. The van der Waals surface area contributed by atoms with E-state index < -0.39 is 17.6 Å². The van der Waals surface area contributed by atoms with Crippen LogP contribution in [0.2, 0.25) is 0 Å². The van der Waals surface area contributed by atoms with E-state index in [1.807, 2.05) is 49.7 Å². The van der Waals surface area contributed by atoms with Crippen LogP contribution in [0.25, 0.3) is 10.9 Å². The van der Waals surface area contributed by atoms with Crippen molar-refractivity contribution in [1.82, 2.24) is 25.3 Å². The third-order valence-electron chi connectivity index (χ3n) is 6.28. The molecule has 0 radical (unpaired) electrons. The third-order valence-corrected chi connectivity index (χ3v) is 6.28. The van der Waals surface area contributed by atoms with E-state index >= 15 is 0 Å². The van der Waals surface area contributed by atoms with Crippen molar-refractivity contribution in [2.75, 3.05) is 32.7 Å². The lowest BCUT2D eigenvalue weighted by Gasteiger charge is -2.30. The number of rotatable bonds is 11. The number of amides is 2. The number of unbranched alkanes of at least 4 members (excludes halogenated alkanes) is 1. The number of para-hydroxylation sites is 1. The first kappa shape index (κ1) is 26.1. The highest BCUT2D eigenvalue weighted by atomic mass is 16.3. The topological polar surface area (TPSA) is 126 Å². The zero-order valence-electron chi connectivity index (χ0n) is 20.7. The van der Waals surface area contributed by atoms with Gasteiger partial charge in [0.05, 0.1) is 11.6 Å². The number of benzene rings is 1. The normalized spacial score (nSPS) is 16.5. The molecule has 5 N–H and O–H groups in total. The molecule has 1 aromatic carbocycles. The van der Waals surface area contributed by atoms with Gasteiger partial charge in [0.2, 0.25) is 5.91 Å². The molecule has 1 saturated heterocycles. The number of aliphatic hydroxyl groups excluding tert-OH is 1. The Morgan fingerprint density at radius 3 is 2.56 bits per heavy atom. The SMILES string of the molecule is CC(C)(C)C(NC(=O)c1nn(CCCCN)c2ccccc12)C(=O)NC[C@H](O)CN1CCCC1. The fourth-order valence-corrected chi connectivity index (χ4v) is 4.39. The molecule has 2 heterocycles. The largest absolute Gasteiger partial charge is 0.390 e.